The molecule has 1 aromatic heterocycles. The first-order valence-corrected chi connectivity index (χ1v) is 5.31. The zero-order valence-corrected chi connectivity index (χ0v) is 9.91. The molecule has 2 unspecified atom stereocenters. The molecule has 5 heteroatoms. The smallest absolute Gasteiger partial charge is 0.134 e. The second-order valence-electron chi connectivity index (χ2n) is 3.75. The van der Waals surface area contributed by atoms with Crippen molar-refractivity contribution in [2.75, 3.05) is 5.32 Å². The lowest BCUT2D eigenvalue weighted by Crippen LogP contribution is -2.21. The number of aromatic nitrogens is 2. The maximum Gasteiger partial charge on any atom is 0.134 e. The van der Waals surface area contributed by atoms with Gasteiger partial charge in [-0.3, -0.25) is 0 Å². The van der Waals surface area contributed by atoms with E-state index in [1.165, 1.54) is 0 Å². The zero-order valence-electron chi connectivity index (χ0n) is 9.16. The van der Waals surface area contributed by atoms with Gasteiger partial charge in [-0.2, -0.15) is 0 Å². The third kappa shape index (κ3) is 4.44. The molecule has 0 spiro atoms. The van der Waals surface area contributed by atoms with Crippen LogP contribution in [0, 0.1) is 6.92 Å². The first kappa shape index (κ1) is 12.2. The van der Waals surface area contributed by atoms with Crippen molar-refractivity contribution >= 4 is 17.4 Å². The van der Waals surface area contributed by atoms with E-state index in [0.29, 0.717) is 23.2 Å². The lowest BCUT2D eigenvalue weighted by molar-refractivity contribution is 0.179. The highest BCUT2D eigenvalue weighted by atomic mass is 35.5. The lowest BCUT2D eigenvalue weighted by atomic mass is 10.1. The highest BCUT2D eigenvalue weighted by molar-refractivity contribution is 6.29. The van der Waals surface area contributed by atoms with Gasteiger partial charge in [0.15, 0.2) is 0 Å². The molecule has 2 atom stereocenters. The summed E-state index contributed by atoms with van der Waals surface area (Å²) in [5.74, 6) is 1.33. The van der Waals surface area contributed by atoms with Gasteiger partial charge in [0, 0.05) is 12.1 Å². The van der Waals surface area contributed by atoms with Gasteiger partial charge in [0.1, 0.15) is 16.8 Å². The first-order valence-electron chi connectivity index (χ1n) is 4.93. The maximum atomic E-state index is 9.21. The summed E-state index contributed by atoms with van der Waals surface area (Å²) in [6, 6.07) is 1.82. The summed E-state index contributed by atoms with van der Waals surface area (Å²) in [6.07, 6.45) is 0.339. The van der Waals surface area contributed by atoms with Gasteiger partial charge in [-0.1, -0.05) is 11.6 Å². The van der Waals surface area contributed by atoms with E-state index in [4.69, 9.17) is 11.6 Å². The van der Waals surface area contributed by atoms with Gasteiger partial charge < -0.3 is 10.4 Å². The van der Waals surface area contributed by atoms with Crippen LogP contribution < -0.4 is 5.32 Å². The molecular weight excluding hydrogens is 214 g/mol. The van der Waals surface area contributed by atoms with Crippen molar-refractivity contribution in [2.24, 2.45) is 0 Å². The largest absolute Gasteiger partial charge is 0.393 e. The molecule has 1 heterocycles. The Balaban J connectivity index is 2.63. The molecule has 0 aliphatic carbocycles. The van der Waals surface area contributed by atoms with Gasteiger partial charge in [-0.25, -0.2) is 9.97 Å². The fraction of sp³-hybridized carbons (Fsp3) is 0.600. The van der Waals surface area contributed by atoms with Gasteiger partial charge >= 0.3 is 0 Å². The number of rotatable bonds is 4. The van der Waals surface area contributed by atoms with E-state index in [1.807, 2.05) is 6.92 Å². The van der Waals surface area contributed by atoms with Crippen LogP contribution in [-0.4, -0.2) is 27.2 Å². The quantitative estimate of drug-likeness (QED) is 0.776. The Labute approximate surface area is 94.7 Å². The second kappa shape index (κ2) is 5.28. The van der Waals surface area contributed by atoms with Crippen LogP contribution in [0.5, 0.6) is 0 Å². The number of hydrogen-bond donors (Lipinski definition) is 2. The number of aryl methyl sites for hydroxylation is 1. The Hall–Kier alpha value is -0.870. The van der Waals surface area contributed by atoms with Crippen molar-refractivity contribution in [3.05, 3.63) is 17.0 Å². The summed E-state index contributed by atoms with van der Waals surface area (Å²) in [5.41, 5.74) is 0. The number of nitrogens with one attached hydrogen (secondary N) is 1. The van der Waals surface area contributed by atoms with E-state index < -0.39 is 0 Å². The van der Waals surface area contributed by atoms with Crippen molar-refractivity contribution < 1.29 is 5.11 Å². The van der Waals surface area contributed by atoms with Gasteiger partial charge in [-0.05, 0) is 27.2 Å². The molecular formula is C10H16ClN3O. The number of anilines is 1. The van der Waals surface area contributed by atoms with Crippen molar-refractivity contribution in [3.8, 4) is 0 Å². The van der Waals surface area contributed by atoms with Gasteiger partial charge in [-0.15, -0.1) is 0 Å². The fourth-order valence-corrected chi connectivity index (χ4v) is 1.65. The standard InChI is InChI=1S/C10H16ClN3O/c1-6(4-7(2)15)12-10-5-9(11)13-8(3)14-10/h5-7,15H,4H2,1-3H3,(H,12,13,14). The summed E-state index contributed by atoms with van der Waals surface area (Å²) in [6.45, 7) is 5.53. The second-order valence-corrected chi connectivity index (χ2v) is 4.14. The van der Waals surface area contributed by atoms with Crippen LogP contribution in [-0.2, 0) is 0 Å². The van der Waals surface area contributed by atoms with Crippen LogP contribution in [0.1, 0.15) is 26.1 Å². The fourth-order valence-electron chi connectivity index (χ4n) is 1.43. The summed E-state index contributed by atoms with van der Waals surface area (Å²) in [5, 5.41) is 12.8. The van der Waals surface area contributed by atoms with Crippen LogP contribution in [0.2, 0.25) is 5.15 Å². The highest BCUT2D eigenvalue weighted by Gasteiger charge is 2.07. The summed E-state index contributed by atoms with van der Waals surface area (Å²) < 4.78 is 0. The molecule has 0 aromatic carbocycles. The van der Waals surface area contributed by atoms with Crippen molar-refractivity contribution in [1.29, 1.82) is 0 Å². The summed E-state index contributed by atoms with van der Waals surface area (Å²) in [4.78, 5) is 8.16. The monoisotopic (exact) mass is 229 g/mol. The molecule has 0 fully saturated rings. The van der Waals surface area contributed by atoms with Crippen molar-refractivity contribution in [3.63, 3.8) is 0 Å². The van der Waals surface area contributed by atoms with Gasteiger partial charge in [0.05, 0.1) is 6.10 Å². The van der Waals surface area contributed by atoms with Gasteiger partial charge in [0.25, 0.3) is 0 Å². The van der Waals surface area contributed by atoms with Crippen molar-refractivity contribution in [2.45, 2.75) is 39.3 Å². The number of hydrogen-bond acceptors (Lipinski definition) is 4. The predicted molar refractivity (Wildman–Crippen MR) is 61.2 cm³/mol. The Morgan fingerprint density at radius 3 is 2.67 bits per heavy atom. The summed E-state index contributed by atoms with van der Waals surface area (Å²) >= 11 is 5.80. The lowest BCUT2D eigenvalue weighted by Gasteiger charge is -2.16. The molecule has 0 aliphatic heterocycles. The Morgan fingerprint density at radius 2 is 2.13 bits per heavy atom. The molecule has 0 aliphatic rings. The number of halogens is 1. The molecule has 0 saturated carbocycles. The minimum Gasteiger partial charge on any atom is -0.393 e. The molecule has 1 aromatic rings. The molecule has 15 heavy (non-hydrogen) atoms. The molecule has 2 N–H and O–H groups in total. The van der Waals surface area contributed by atoms with E-state index in [9.17, 15) is 5.11 Å². The third-order valence-corrected chi connectivity index (χ3v) is 2.09. The highest BCUT2D eigenvalue weighted by Crippen LogP contribution is 2.13. The topological polar surface area (TPSA) is 58.0 Å². The zero-order chi connectivity index (χ0) is 11.4. The molecule has 1 rings (SSSR count). The Morgan fingerprint density at radius 1 is 1.47 bits per heavy atom. The first-order chi connectivity index (χ1) is 6.97. The average molecular weight is 230 g/mol. The van der Waals surface area contributed by atoms with E-state index in [0.717, 1.165) is 0 Å². The number of aliphatic hydroxyl groups excluding tert-OH is 1. The van der Waals surface area contributed by atoms with E-state index >= 15 is 0 Å². The maximum absolute atomic E-state index is 9.21. The van der Waals surface area contributed by atoms with Crippen LogP contribution in [0.4, 0.5) is 5.82 Å². The van der Waals surface area contributed by atoms with Gasteiger partial charge in [0.2, 0.25) is 0 Å². The predicted octanol–water partition coefficient (Wildman–Crippen LogP) is 2.01. The molecule has 0 amide bonds. The number of aliphatic hydroxyl groups is 1. The van der Waals surface area contributed by atoms with Crippen molar-refractivity contribution in [1.82, 2.24) is 9.97 Å². The Bertz CT molecular complexity index is 310. The van der Waals surface area contributed by atoms with Crippen LogP contribution in [0.25, 0.3) is 0 Å². The minimum atomic E-state index is -0.328. The van der Waals surface area contributed by atoms with Crippen LogP contribution >= 0.6 is 11.6 Å². The normalized spacial score (nSPS) is 14.7. The van der Waals surface area contributed by atoms with E-state index in [2.05, 4.69) is 15.3 Å². The average Bonchev–Trinajstić information content (AvgIpc) is 1.98. The number of nitrogens with zero attached hydrogens (tertiary/aromatic N) is 2. The molecule has 84 valence electrons. The molecule has 0 bridgehead atoms. The minimum absolute atomic E-state index is 0.148. The SMILES string of the molecule is Cc1nc(Cl)cc(NC(C)CC(C)O)n1. The van der Waals surface area contributed by atoms with E-state index in [-0.39, 0.29) is 12.1 Å². The van der Waals surface area contributed by atoms with E-state index in [1.54, 1.807) is 19.9 Å². The molecule has 4 nitrogen and oxygen atoms in total. The Kier molecular flexibility index (Phi) is 4.29. The van der Waals surface area contributed by atoms with Crippen LogP contribution in [0.15, 0.2) is 6.07 Å². The molecule has 0 saturated heterocycles. The third-order valence-electron chi connectivity index (χ3n) is 1.90. The summed E-state index contributed by atoms with van der Waals surface area (Å²) in [7, 11) is 0. The van der Waals surface area contributed by atoms with Crippen LogP contribution in [0.3, 0.4) is 0 Å². The molecule has 0 radical (unpaired) electrons.